The van der Waals surface area contributed by atoms with Crippen molar-refractivity contribution >= 4 is 21.6 Å². The summed E-state index contributed by atoms with van der Waals surface area (Å²) in [4.78, 5) is 0. The summed E-state index contributed by atoms with van der Waals surface area (Å²) in [7, 11) is 3.76. The maximum atomic E-state index is 5.79. The molecule has 0 bridgehead atoms. The molecule has 0 N–H and O–H groups in total. The highest BCUT2D eigenvalue weighted by Crippen LogP contribution is 2.43. The number of rotatable bonds is 2. The lowest BCUT2D eigenvalue weighted by Crippen LogP contribution is -2.09. The fourth-order valence-corrected chi connectivity index (χ4v) is 3.96. The van der Waals surface area contributed by atoms with Crippen molar-refractivity contribution < 1.29 is 4.74 Å². The van der Waals surface area contributed by atoms with Crippen molar-refractivity contribution in [3.05, 3.63) is 30.3 Å². The summed E-state index contributed by atoms with van der Waals surface area (Å²) in [6.45, 7) is 2.24. The molecule has 1 aromatic carbocycles. The number of hydrogen-bond donors (Lipinski definition) is 0. The van der Waals surface area contributed by atoms with Crippen LogP contribution < -0.4 is 4.74 Å². The molecule has 0 radical (unpaired) electrons. The first-order chi connectivity index (χ1) is 6.34. The predicted octanol–water partition coefficient (Wildman–Crippen LogP) is 3.57. The van der Waals surface area contributed by atoms with Crippen molar-refractivity contribution in [2.24, 2.45) is 0 Å². The quantitative estimate of drug-likeness (QED) is 0.694. The minimum Gasteiger partial charge on any atom is -0.479 e. The lowest BCUT2D eigenvalue weighted by Gasteiger charge is -2.10. The fourth-order valence-electron chi connectivity index (χ4n) is 1.22. The van der Waals surface area contributed by atoms with Crippen LogP contribution in [0.1, 0.15) is 13.3 Å². The third-order valence-corrected chi connectivity index (χ3v) is 4.96. The molecule has 2 atom stereocenters. The fraction of sp³-hybridized carbons (Fsp3) is 0.400. The van der Waals surface area contributed by atoms with Crippen LogP contribution in [-0.2, 0) is 0 Å². The van der Waals surface area contributed by atoms with Gasteiger partial charge < -0.3 is 4.74 Å². The van der Waals surface area contributed by atoms with Crippen molar-refractivity contribution in [2.45, 2.75) is 24.0 Å². The molecular weight excluding hydrogens is 200 g/mol. The monoisotopic (exact) mass is 212 g/mol. The summed E-state index contributed by atoms with van der Waals surface area (Å²) in [5.41, 5.74) is 0.336. The molecule has 0 spiro atoms. The lowest BCUT2D eigenvalue weighted by atomic mass is 10.3. The molecule has 0 amide bonds. The van der Waals surface area contributed by atoms with Crippen LogP contribution in [0.15, 0.2) is 30.3 Å². The summed E-state index contributed by atoms with van der Waals surface area (Å²) in [5, 5.41) is 0.721. The normalized spacial score (nSPS) is 27.5. The van der Waals surface area contributed by atoms with Crippen LogP contribution in [0.3, 0.4) is 0 Å². The van der Waals surface area contributed by atoms with Gasteiger partial charge in [-0.1, -0.05) is 35.9 Å². The van der Waals surface area contributed by atoms with Gasteiger partial charge in [-0.2, -0.15) is 0 Å². The lowest BCUT2D eigenvalue weighted by molar-refractivity contribution is 0.282. The molecule has 0 aromatic heterocycles. The van der Waals surface area contributed by atoms with Crippen LogP contribution in [0.4, 0.5) is 0 Å². The minimum atomic E-state index is 0.336. The molecule has 70 valence electrons. The van der Waals surface area contributed by atoms with Gasteiger partial charge in [-0.05, 0) is 22.9 Å². The highest BCUT2D eigenvalue weighted by atomic mass is 33.1. The Morgan fingerprint density at radius 2 is 2.00 bits per heavy atom. The van der Waals surface area contributed by atoms with Crippen molar-refractivity contribution in [1.82, 2.24) is 0 Å². The van der Waals surface area contributed by atoms with Gasteiger partial charge >= 0.3 is 0 Å². The molecule has 0 saturated carbocycles. The van der Waals surface area contributed by atoms with Gasteiger partial charge in [-0.15, -0.1) is 0 Å². The zero-order chi connectivity index (χ0) is 9.10. The van der Waals surface area contributed by atoms with Gasteiger partial charge in [0, 0.05) is 11.7 Å². The zero-order valence-corrected chi connectivity index (χ0v) is 9.11. The van der Waals surface area contributed by atoms with E-state index in [2.05, 4.69) is 6.92 Å². The summed E-state index contributed by atoms with van der Waals surface area (Å²) < 4.78 is 5.79. The third kappa shape index (κ3) is 2.58. The maximum absolute atomic E-state index is 5.79. The van der Waals surface area contributed by atoms with E-state index in [1.54, 1.807) is 0 Å². The largest absolute Gasteiger partial charge is 0.479 e. The number of para-hydroxylation sites is 1. The molecule has 1 heterocycles. The first-order valence-corrected chi connectivity index (χ1v) is 6.66. The summed E-state index contributed by atoms with van der Waals surface area (Å²) in [6.07, 6.45) is 1.14. The number of ether oxygens (including phenoxy) is 1. The van der Waals surface area contributed by atoms with Crippen LogP contribution in [0.5, 0.6) is 5.75 Å². The van der Waals surface area contributed by atoms with E-state index in [9.17, 15) is 0 Å². The van der Waals surface area contributed by atoms with E-state index in [0.717, 1.165) is 17.4 Å². The second-order valence-corrected chi connectivity index (χ2v) is 5.97. The molecule has 0 aliphatic carbocycles. The molecule has 3 heteroatoms. The molecular formula is C10H12OS2. The molecule has 1 aliphatic rings. The topological polar surface area (TPSA) is 9.23 Å². The van der Waals surface area contributed by atoms with Crippen molar-refractivity contribution in [3.8, 4) is 5.75 Å². The van der Waals surface area contributed by atoms with Crippen molar-refractivity contribution in [2.75, 3.05) is 0 Å². The summed E-state index contributed by atoms with van der Waals surface area (Å²) in [5.74, 6) is 0.981. The van der Waals surface area contributed by atoms with E-state index >= 15 is 0 Å². The Kier molecular flexibility index (Phi) is 3.06. The van der Waals surface area contributed by atoms with E-state index in [-0.39, 0.29) is 0 Å². The average Bonchev–Trinajstić information content (AvgIpc) is 2.53. The van der Waals surface area contributed by atoms with Crippen molar-refractivity contribution in [3.63, 3.8) is 0 Å². The van der Waals surface area contributed by atoms with Gasteiger partial charge in [0.2, 0.25) is 0 Å². The van der Waals surface area contributed by atoms with Crippen LogP contribution in [0, 0.1) is 0 Å². The van der Waals surface area contributed by atoms with Gasteiger partial charge in [0.1, 0.15) is 5.75 Å². The standard InChI is InChI=1S/C10H12OS2/c1-8-7-10(13-12-8)11-9-5-3-2-4-6-9/h2-6,8,10H,7H2,1H3. The van der Waals surface area contributed by atoms with Crippen LogP contribution in [0.25, 0.3) is 0 Å². The van der Waals surface area contributed by atoms with Crippen LogP contribution in [0.2, 0.25) is 0 Å². The second-order valence-electron chi connectivity index (χ2n) is 3.10. The van der Waals surface area contributed by atoms with Gasteiger partial charge in [-0.25, -0.2) is 0 Å². The Morgan fingerprint density at radius 3 is 2.62 bits per heavy atom. The van der Waals surface area contributed by atoms with E-state index in [0.29, 0.717) is 5.44 Å². The number of benzene rings is 1. The van der Waals surface area contributed by atoms with Gasteiger partial charge in [0.25, 0.3) is 0 Å². The highest BCUT2D eigenvalue weighted by molar-refractivity contribution is 8.77. The Balaban J connectivity index is 1.92. The molecule has 2 unspecified atom stereocenters. The SMILES string of the molecule is CC1CC(Oc2ccccc2)SS1. The summed E-state index contributed by atoms with van der Waals surface area (Å²) in [6, 6.07) is 10.0. The highest BCUT2D eigenvalue weighted by Gasteiger charge is 2.24. The molecule has 1 nitrogen and oxygen atoms in total. The molecule has 1 fully saturated rings. The second kappa shape index (κ2) is 4.29. The van der Waals surface area contributed by atoms with Crippen LogP contribution in [-0.4, -0.2) is 10.7 Å². The Hall–Kier alpha value is -0.280. The summed E-state index contributed by atoms with van der Waals surface area (Å²) >= 11 is 0. The molecule has 1 aromatic rings. The Morgan fingerprint density at radius 1 is 1.23 bits per heavy atom. The minimum absolute atomic E-state index is 0.336. The van der Waals surface area contributed by atoms with Gasteiger partial charge in [0.05, 0.1) is 0 Å². The van der Waals surface area contributed by atoms with Crippen LogP contribution >= 0.6 is 21.6 Å². The van der Waals surface area contributed by atoms with Gasteiger partial charge in [0.15, 0.2) is 5.44 Å². The molecule has 1 aliphatic heterocycles. The first kappa shape index (κ1) is 9.28. The smallest absolute Gasteiger partial charge is 0.155 e. The molecule has 1 saturated heterocycles. The molecule has 13 heavy (non-hydrogen) atoms. The molecule has 2 rings (SSSR count). The van der Waals surface area contributed by atoms with E-state index in [1.165, 1.54) is 0 Å². The maximum Gasteiger partial charge on any atom is 0.155 e. The Labute approximate surface area is 86.6 Å². The van der Waals surface area contributed by atoms with E-state index < -0.39 is 0 Å². The van der Waals surface area contributed by atoms with E-state index in [4.69, 9.17) is 4.74 Å². The third-order valence-electron chi connectivity index (χ3n) is 1.86. The van der Waals surface area contributed by atoms with Crippen molar-refractivity contribution in [1.29, 1.82) is 0 Å². The first-order valence-electron chi connectivity index (χ1n) is 4.38. The predicted molar refractivity (Wildman–Crippen MR) is 60.1 cm³/mol. The zero-order valence-electron chi connectivity index (χ0n) is 7.47. The Bertz CT molecular complexity index is 263. The number of hydrogen-bond acceptors (Lipinski definition) is 3. The average molecular weight is 212 g/mol. The van der Waals surface area contributed by atoms with Gasteiger partial charge in [-0.3, -0.25) is 0 Å². The van der Waals surface area contributed by atoms with E-state index in [1.807, 2.05) is 51.9 Å².